The number of carbonyl (C=O) groups is 1. The summed E-state index contributed by atoms with van der Waals surface area (Å²) in [4.78, 5) is 13.6. The van der Waals surface area contributed by atoms with Gasteiger partial charge in [0.2, 0.25) is 5.91 Å². The maximum atomic E-state index is 15.7. The summed E-state index contributed by atoms with van der Waals surface area (Å²) >= 11 is 12.2. The van der Waals surface area contributed by atoms with Gasteiger partial charge in [0.25, 0.3) is 0 Å². The molecule has 2 aromatic rings. The highest BCUT2D eigenvalue weighted by molar-refractivity contribution is 6.31. The fraction of sp³-hybridized carbons (Fsp3) is 0.500. The zero-order chi connectivity index (χ0) is 29.0. The van der Waals surface area contributed by atoms with Gasteiger partial charge in [-0.2, -0.15) is 5.26 Å². The third-order valence-electron chi connectivity index (χ3n) is 7.19. The molecule has 0 saturated carbocycles. The van der Waals surface area contributed by atoms with Crippen LogP contribution in [0.25, 0.3) is 0 Å². The summed E-state index contributed by atoms with van der Waals surface area (Å²) in [6.07, 6.45) is -0.695. The van der Waals surface area contributed by atoms with Gasteiger partial charge in [0, 0.05) is 36.2 Å². The average Bonchev–Trinajstić information content (AvgIpc) is 3.19. The normalized spacial score (nSPS) is 23.8. The number of hydrogen-bond acceptors (Lipinski definition) is 6. The third-order valence-corrected chi connectivity index (χ3v) is 7.72. The van der Waals surface area contributed by atoms with Gasteiger partial charge in [-0.05, 0) is 42.0 Å². The van der Waals surface area contributed by atoms with Gasteiger partial charge >= 0.3 is 0 Å². The average molecular weight is 584 g/mol. The first kappa shape index (κ1) is 31.2. The minimum atomic E-state index is -1.77. The molecule has 0 radical (unpaired) electrons. The molecule has 3 rings (SSSR count). The summed E-state index contributed by atoms with van der Waals surface area (Å²) in [5, 5.41) is 35.5. The van der Waals surface area contributed by atoms with E-state index in [2.05, 4.69) is 16.7 Å². The van der Waals surface area contributed by atoms with Crippen LogP contribution < -0.4 is 10.6 Å². The lowest BCUT2D eigenvalue weighted by Gasteiger charge is -2.38. The number of halogens is 4. The van der Waals surface area contributed by atoms with E-state index in [0.717, 1.165) is 6.07 Å². The Labute approximate surface area is 237 Å². The van der Waals surface area contributed by atoms with Gasteiger partial charge in [0.05, 0.1) is 36.5 Å². The van der Waals surface area contributed by atoms with Crippen LogP contribution in [-0.4, -0.2) is 61.2 Å². The molecule has 7 nitrogen and oxygen atoms in total. The number of nitrogens with zero attached hydrogens (tertiary/aromatic N) is 1. The molecule has 1 heterocycles. The molecular formula is C28H33Cl2F2N3O4. The molecule has 212 valence electrons. The number of nitriles is 1. The summed E-state index contributed by atoms with van der Waals surface area (Å²) in [6, 6.07) is 8.50. The van der Waals surface area contributed by atoms with Crippen molar-refractivity contribution in [3.05, 3.63) is 69.2 Å². The van der Waals surface area contributed by atoms with Gasteiger partial charge < -0.3 is 25.6 Å². The second-order valence-corrected chi connectivity index (χ2v) is 11.5. The molecule has 1 aliphatic rings. The van der Waals surface area contributed by atoms with E-state index in [4.69, 9.17) is 33.0 Å². The van der Waals surface area contributed by atoms with Crippen molar-refractivity contribution < 1.29 is 28.5 Å². The molecule has 1 fully saturated rings. The molecule has 0 aliphatic carbocycles. The summed E-state index contributed by atoms with van der Waals surface area (Å²) in [5.41, 5.74) is -2.34. The highest BCUT2D eigenvalue weighted by atomic mass is 35.5. The Morgan fingerprint density at radius 2 is 2.03 bits per heavy atom. The van der Waals surface area contributed by atoms with E-state index in [9.17, 15) is 15.2 Å². The molecule has 0 aromatic heterocycles. The predicted molar refractivity (Wildman–Crippen MR) is 145 cm³/mol. The molecule has 0 bridgehead atoms. The maximum absolute atomic E-state index is 15.7. The van der Waals surface area contributed by atoms with Crippen LogP contribution in [0.15, 0.2) is 36.4 Å². The Morgan fingerprint density at radius 3 is 2.64 bits per heavy atom. The van der Waals surface area contributed by atoms with Crippen LogP contribution in [0.1, 0.15) is 43.7 Å². The summed E-state index contributed by atoms with van der Waals surface area (Å²) in [5.74, 6) is -3.36. The van der Waals surface area contributed by atoms with Crippen LogP contribution in [0.5, 0.6) is 0 Å². The van der Waals surface area contributed by atoms with Crippen molar-refractivity contribution in [2.75, 3.05) is 26.9 Å². The lowest BCUT2D eigenvalue weighted by Crippen LogP contribution is -2.46. The van der Waals surface area contributed by atoms with Crippen molar-refractivity contribution in [2.24, 2.45) is 5.41 Å². The van der Waals surface area contributed by atoms with Gasteiger partial charge in [0.1, 0.15) is 17.0 Å². The molecule has 2 aromatic carbocycles. The van der Waals surface area contributed by atoms with E-state index in [1.807, 2.05) is 13.8 Å². The van der Waals surface area contributed by atoms with E-state index in [-0.39, 0.29) is 40.6 Å². The molecule has 5 atom stereocenters. The number of benzene rings is 2. The molecule has 1 aliphatic heterocycles. The summed E-state index contributed by atoms with van der Waals surface area (Å²) in [6.45, 7) is 3.67. The van der Waals surface area contributed by atoms with Crippen molar-refractivity contribution in [1.29, 1.82) is 5.26 Å². The number of carbonyl (C=O) groups excluding carboxylic acids is 1. The number of amides is 1. The molecule has 1 amide bonds. The first-order chi connectivity index (χ1) is 18.4. The highest BCUT2D eigenvalue weighted by Crippen LogP contribution is 2.52. The van der Waals surface area contributed by atoms with Crippen molar-refractivity contribution >= 4 is 29.1 Å². The number of rotatable bonds is 11. The number of nitrogens with one attached hydrogen (secondary N) is 2. The topological polar surface area (TPSA) is 115 Å². The molecule has 39 heavy (non-hydrogen) atoms. The van der Waals surface area contributed by atoms with Gasteiger partial charge in [-0.25, -0.2) is 8.78 Å². The van der Waals surface area contributed by atoms with E-state index in [1.54, 1.807) is 7.11 Å². The van der Waals surface area contributed by atoms with E-state index in [0.29, 0.717) is 6.61 Å². The minimum Gasteiger partial charge on any atom is -0.394 e. The van der Waals surface area contributed by atoms with Crippen molar-refractivity contribution in [3.63, 3.8) is 0 Å². The molecule has 11 heteroatoms. The zero-order valence-electron chi connectivity index (χ0n) is 22.0. The third kappa shape index (κ3) is 6.54. The number of hydrogen-bond donors (Lipinski definition) is 4. The van der Waals surface area contributed by atoms with E-state index < -0.39 is 59.1 Å². The Kier molecular flexibility index (Phi) is 10.3. The number of methoxy groups -OCH3 is 1. The van der Waals surface area contributed by atoms with Crippen LogP contribution in [0.3, 0.4) is 0 Å². The SMILES string of the molecule is COCC(C)(C)C[C@@H]1N[C@@H](C(=O)NCC[C@H](O)CO)[C@H](c2cccc(Cl)c2F)[C@@]1(C#N)c1ccc(Cl)cc1F. The van der Waals surface area contributed by atoms with Gasteiger partial charge in [-0.1, -0.05) is 55.2 Å². The Bertz CT molecular complexity index is 1230. The Hall–Kier alpha value is -2.32. The zero-order valence-corrected chi connectivity index (χ0v) is 23.5. The van der Waals surface area contributed by atoms with Crippen molar-refractivity contribution in [3.8, 4) is 6.07 Å². The van der Waals surface area contributed by atoms with Crippen LogP contribution in [0.2, 0.25) is 10.0 Å². The highest BCUT2D eigenvalue weighted by Gasteiger charge is 2.61. The number of ether oxygens (including phenoxy) is 1. The molecule has 0 unspecified atom stereocenters. The van der Waals surface area contributed by atoms with Crippen LogP contribution >= 0.6 is 23.2 Å². The smallest absolute Gasteiger partial charge is 0.237 e. The number of aliphatic hydroxyl groups excluding tert-OH is 2. The van der Waals surface area contributed by atoms with Crippen molar-refractivity contribution in [1.82, 2.24) is 10.6 Å². The van der Waals surface area contributed by atoms with Gasteiger partial charge in [-0.3, -0.25) is 4.79 Å². The lowest BCUT2D eigenvalue weighted by atomic mass is 9.62. The molecular weight excluding hydrogens is 551 g/mol. The quantitative estimate of drug-likeness (QED) is 0.317. The van der Waals surface area contributed by atoms with Gasteiger partial charge in [-0.15, -0.1) is 0 Å². The second-order valence-electron chi connectivity index (χ2n) is 10.6. The van der Waals surface area contributed by atoms with Crippen LogP contribution in [0.4, 0.5) is 8.78 Å². The molecule has 0 spiro atoms. The fourth-order valence-corrected chi connectivity index (χ4v) is 5.85. The Morgan fingerprint density at radius 1 is 1.31 bits per heavy atom. The number of aliphatic hydroxyl groups is 2. The Balaban J connectivity index is 2.25. The first-order valence-corrected chi connectivity index (χ1v) is 13.3. The minimum absolute atomic E-state index is 0.0121. The summed E-state index contributed by atoms with van der Waals surface area (Å²) < 4.78 is 36.7. The van der Waals surface area contributed by atoms with Gasteiger partial charge in [0.15, 0.2) is 0 Å². The second kappa shape index (κ2) is 12.9. The standard InChI is InChI=1S/C28H33Cl2F2N3O4/c1-27(2,15-39-3)12-22-28(14-33,19-8-7-16(29)11-21(19)31)23(18-5-4-6-20(30)24(18)32)25(35-22)26(38)34-10-9-17(37)13-36/h4-8,11,17,22-23,25,35-37H,9-10,12-13,15H2,1-3H3,(H,34,38)/t17-,22-,23-,25+,28-/m0/s1. The largest absolute Gasteiger partial charge is 0.394 e. The lowest BCUT2D eigenvalue weighted by molar-refractivity contribution is -0.123. The monoisotopic (exact) mass is 583 g/mol. The van der Waals surface area contributed by atoms with Crippen LogP contribution in [0, 0.1) is 28.4 Å². The summed E-state index contributed by atoms with van der Waals surface area (Å²) in [7, 11) is 1.54. The van der Waals surface area contributed by atoms with E-state index >= 15 is 8.78 Å². The van der Waals surface area contributed by atoms with Crippen molar-refractivity contribution in [2.45, 2.75) is 56.2 Å². The van der Waals surface area contributed by atoms with E-state index in [1.165, 1.54) is 30.3 Å². The maximum Gasteiger partial charge on any atom is 0.237 e. The molecule has 4 N–H and O–H groups in total. The predicted octanol–water partition coefficient (Wildman–Crippen LogP) is 4.08. The molecule has 1 saturated heterocycles. The first-order valence-electron chi connectivity index (χ1n) is 12.5. The van der Waals surface area contributed by atoms with Crippen LogP contribution in [-0.2, 0) is 14.9 Å². The fourth-order valence-electron chi connectivity index (χ4n) is 5.51.